The van der Waals surface area contributed by atoms with Crippen LogP contribution in [0.5, 0.6) is 0 Å². The second-order valence-electron chi connectivity index (χ2n) is 18.3. The smallest absolute Gasteiger partial charge is 0.407 e. The molecule has 4 bridgehead atoms. The molecular weight excluding hydrogens is 785 g/mol. The van der Waals surface area contributed by atoms with Crippen molar-refractivity contribution in [2.75, 3.05) is 27.8 Å². The van der Waals surface area contributed by atoms with Gasteiger partial charge in [0.1, 0.15) is 23.7 Å². The van der Waals surface area contributed by atoms with E-state index in [1.165, 1.54) is 36.5 Å². The van der Waals surface area contributed by atoms with Crippen molar-refractivity contribution in [3.63, 3.8) is 0 Å². The summed E-state index contributed by atoms with van der Waals surface area (Å²) in [6.07, 6.45) is 10.6. The van der Waals surface area contributed by atoms with Crippen LogP contribution in [0.4, 0.5) is 9.59 Å². The number of nitrogens with one attached hydrogen (secondary N) is 3. The molecule has 4 atom stereocenters. The van der Waals surface area contributed by atoms with Crippen molar-refractivity contribution in [1.29, 1.82) is 0 Å². The number of benzene rings is 2. The van der Waals surface area contributed by atoms with Gasteiger partial charge in [0.25, 0.3) is 0 Å². The average Bonchev–Trinajstić information content (AvgIpc) is 3.78. The Hall–Kier alpha value is -5.92. The van der Waals surface area contributed by atoms with Crippen molar-refractivity contribution in [3.8, 4) is 33.5 Å². The molecule has 6 heterocycles. The number of H-pyrrole nitrogens is 1. The molecular formula is C48H58N8O6. The highest BCUT2D eigenvalue weighted by molar-refractivity contribution is 6.05. The van der Waals surface area contributed by atoms with Gasteiger partial charge in [-0.3, -0.25) is 14.6 Å². The van der Waals surface area contributed by atoms with Gasteiger partial charge in [0.15, 0.2) is 0 Å². The summed E-state index contributed by atoms with van der Waals surface area (Å²) in [5.74, 6) is 1.85. The second-order valence-corrected chi connectivity index (χ2v) is 18.3. The van der Waals surface area contributed by atoms with Crippen LogP contribution in [0.2, 0.25) is 0 Å². The van der Waals surface area contributed by atoms with Crippen LogP contribution in [0, 0.1) is 17.8 Å². The number of likely N-dealkylation sites (N-methyl/N-ethyl adjacent to an activating group) is 1. The predicted molar refractivity (Wildman–Crippen MR) is 237 cm³/mol. The number of alkyl carbamates (subject to hydrolysis) is 2. The first-order valence-electron chi connectivity index (χ1n) is 22.2. The summed E-state index contributed by atoms with van der Waals surface area (Å²) >= 11 is 0. The third-order valence-corrected chi connectivity index (χ3v) is 14.5. The Balaban J connectivity index is 0.933. The summed E-state index contributed by atoms with van der Waals surface area (Å²) in [6, 6.07) is 11.3. The molecule has 5 aliphatic heterocycles. The fraction of sp³-hybridized carbons (Fsp3) is 0.500. The average molecular weight is 843 g/mol. The highest BCUT2D eigenvalue weighted by Crippen LogP contribution is 2.51. The van der Waals surface area contributed by atoms with E-state index >= 15 is 0 Å². The fourth-order valence-electron chi connectivity index (χ4n) is 11.3. The number of imidazole rings is 1. The van der Waals surface area contributed by atoms with Gasteiger partial charge in [-0.15, -0.1) is 0 Å². The number of fused-ring (bicyclic) bond motifs is 10. The predicted octanol–water partition coefficient (Wildman–Crippen LogP) is 7.30. The lowest BCUT2D eigenvalue weighted by atomic mass is 9.73. The molecule has 326 valence electrons. The molecule has 14 heteroatoms. The summed E-state index contributed by atoms with van der Waals surface area (Å²) in [5, 5.41) is 5.51. The first kappa shape index (κ1) is 41.4. The number of aliphatic imine (C=N–C) groups is 1. The van der Waals surface area contributed by atoms with Crippen LogP contribution in [0.25, 0.3) is 39.2 Å². The molecule has 2 aromatic carbocycles. The van der Waals surface area contributed by atoms with Crippen LogP contribution in [-0.2, 0) is 19.1 Å². The Morgan fingerprint density at radius 3 is 1.94 bits per heavy atom. The van der Waals surface area contributed by atoms with E-state index in [9.17, 15) is 19.2 Å². The number of hydrogen-bond donors (Lipinski definition) is 3. The lowest BCUT2D eigenvalue weighted by Crippen LogP contribution is -2.66. The zero-order valence-corrected chi connectivity index (χ0v) is 36.6. The third-order valence-electron chi connectivity index (χ3n) is 14.5. The number of piperidine rings is 4. The Morgan fingerprint density at radius 2 is 1.34 bits per heavy atom. The molecule has 2 saturated carbocycles. The Morgan fingerprint density at radius 1 is 0.774 bits per heavy atom. The molecule has 0 spiro atoms. The fourth-order valence-corrected chi connectivity index (χ4v) is 11.3. The van der Waals surface area contributed by atoms with Crippen LogP contribution >= 0.6 is 0 Å². The van der Waals surface area contributed by atoms with Gasteiger partial charge in [-0.1, -0.05) is 44.7 Å². The lowest BCUT2D eigenvalue weighted by molar-refractivity contribution is -0.147. The number of rotatable bonds is 10. The van der Waals surface area contributed by atoms with E-state index in [2.05, 4.69) is 76.6 Å². The molecule has 3 aliphatic carbocycles. The summed E-state index contributed by atoms with van der Waals surface area (Å²) in [4.78, 5) is 72.7. The van der Waals surface area contributed by atoms with Crippen molar-refractivity contribution < 1.29 is 28.7 Å². The number of methoxy groups -OCH3 is 2. The zero-order valence-electron chi connectivity index (χ0n) is 36.6. The molecule has 6 fully saturated rings. The monoisotopic (exact) mass is 842 g/mol. The molecule has 1 aromatic heterocycles. The normalized spacial score (nSPS) is 25.4. The number of nitrogens with zero attached hydrogens (tertiary/aromatic N) is 5. The molecule has 14 nitrogen and oxygen atoms in total. The minimum absolute atomic E-state index is 0.0637. The van der Waals surface area contributed by atoms with Crippen molar-refractivity contribution >= 4 is 35.5 Å². The van der Waals surface area contributed by atoms with Crippen LogP contribution < -0.4 is 10.6 Å². The molecule has 3 aromatic rings. The number of hydrogen-bond acceptors (Lipinski definition) is 9. The number of amides is 4. The second kappa shape index (κ2) is 16.4. The minimum Gasteiger partial charge on any atom is -0.453 e. The van der Waals surface area contributed by atoms with Crippen molar-refractivity contribution in [2.45, 2.75) is 108 Å². The van der Waals surface area contributed by atoms with Gasteiger partial charge in [-0.25, -0.2) is 14.6 Å². The largest absolute Gasteiger partial charge is 0.453 e. The van der Waals surface area contributed by atoms with Crippen LogP contribution in [0.3, 0.4) is 0 Å². The van der Waals surface area contributed by atoms with E-state index < -0.39 is 24.3 Å². The van der Waals surface area contributed by atoms with Crippen LogP contribution in [0.1, 0.15) is 89.6 Å². The Bertz CT molecular complexity index is 2370. The molecule has 4 amide bonds. The highest BCUT2D eigenvalue weighted by Gasteiger charge is 2.50. The van der Waals surface area contributed by atoms with Gasteiger partial charge < -0.3 is 39.8 Å². The summed E-state index contributed by atoms with van der Waals surface area (Å²) < 4.78 is 9.73. The summed E-state index contributed by atoms with van der Waals surface area (Å²) in [7, 11) is 4.67. The van der Waals surface area contributed by atoms with Gasteiger partial charge in [0.05, 0.1) is 44.7 Å². The molecule has 11 rings (SSSR count). The van der Waals surface area contributed by atoms with E-state index in [4.69, 9.17) is 19.5 Å². The van der Waals surface area contributed by atoms with Gasteiger partial charge in [-0.2, -0.15) is 0 Å². The number of amidine groups is 1. The maximum atomic E-state index is 14.4. The summed E-state index contributed by atoms with van der Waals surface area (Å²) in [5.41, 5.74) is 9.34. The quantitative estimate of drug-likeness (QED) is 0.140. The first-order valence-corrected chi connectivity index (χ1v) is 22.2. The minimum atomic E-state index is -0.883. The van der Waals surface area contributed by atoms with Gasteiger partial charge in [0, 0.05) is 30.4 Å². The maximum Gasteiger partial charge on any atom is 0.407 e. The standard InChI is InChI=1S/C48H58N8O6/c1-25(2)39(52-47(59)61-6)45(57)55-31-14-8-27(9-15-31)41(55)43-50-24-37(51-43)29-12-18-33-35(22-29)34-19-13-30(23-36(33)34)38-20-21-49-44(54(38)5)42-28-10-16-32(17-11-28)56(42)46(58)40(26(3)4)53-48(60)62-7/h12-13,18-20,22-24,26-28,31-32,39-42H,1,8-11,14-17,21H2,2-7H3,(H,50,51)(H,52,59)(H,53,60). The number of aromatic amines is 1. The Labute approximate surface area is 363 Å². The highest BCUT2D eigenvalue weighted by atomic mass is 16.5. The van der Waals surface area contributed by atoms with Crippen LogP contribution in [0.15, 0.2) is 65.8 Å². The third kappa shape index (κ3) is 7.04. The Kier molecular flexibility index (Phi) is 11.0. The van der Waals surface area contributed by atoms with Crippen molar-refractivity contribution in [3.05, 3.63) is 72.2 Å². The molecule has 4 saturated heterocycles. The topological polar surface area (TPSA) is 162 Å². The molecule has 8 aliphatic rings. The molecule has 62 heavy (non-hydrogen) atoms. The number of ether oxygens (including phenoxy) is 2. The lowest BCUT2D eigenvalue weighted by Gasteiger charge is -2.54. The molecule has 0 radical (unpaired) electrons. The molecule has 4 unspecified atom stereocenters. The zero-order chi connectivity index (χ0) is 43.6. The summed E-state index contributed by atoms with van der Waals surface area (Å²) in [6.45, 7) is 10.2. The number of aromatic nitrogens is 2. The first-order chi connectivity index (χ1) is 29.9. The van der Waals surface area contributed by atoms with E-state index in [1.807, 2.05) is 29.8 Å². The number of carbonyl (C=O) groups is 4. The SMILES string of the molecule is C=C(C)C(NC(=O)OC)C(=O)N1C2CCC(CC2)C1c1ncc(-c2ccc3c(c2)-c2ccc(C4=CCN=C(C5C6CCC(CC6)N5C(=O)C(NC(=O)OC)C(C)C)N4C)cc2-3)[nH]1. The van der Waals surface area contributed by atoms with Gasteiger partial charge in [-0.05, 0) is 128 Å². The van der Waals surface area contributed by atoms with E-state index in [1.54, 1.807) is 6.92 Å². The van der Waals surface area contributed by atoms with E-state index in [0.29, 0.717) is 18.0 Å². The van der Waals surface area contributed by atoms with Crippen LogP contribution in [-0.4, -0.2) is 113 Å². The van der Waals surface area contributed by atoms with E-state index in [-0.39, 0.29) is 47.8 Å². The van der Waals surface area contributed by atoms with E-state index in [0.717, 1.165) is 85.5 Å². The number of carbonyl (C=O) groups excluding carboxylic acids is 4. The molecule has 3 N–H and O–H groups in total. The van der Waals surface area contributed by atoms with Gasteiger partial charge >= 0.3 is 12.2 Å². The maximum absolute atomic E-state index is 14.4. The van der Waals surface area contributed by atoms with Gasteiger partial charge in [0.2, 0.25) is 11.8 Å². The van der Waals surface area contributed by atoms with Crippen molar-refractivity contribution in [2.24, 2.45) is 22.7 Å². The van der Waals surface area contributed by atoms with Crippen molar-refractivity contribution in [1.82, 2.24) is 35.3 Å².